The number of hydrogen-bond donors (Lipinski definition) is 3. The fraction of sp³-hybridized carbons (Fsp3) is 0.615. The van der Waals surface area contributed by atoms with Crippen molar-refractivity contribution in [1.29, 1.82) is 0 Å². The lowest BCUT2D eigenvalue weighted by Gasteiger charge is -2.20. The average molecular weight is 429 g/mol. The average Bonchev–Trinajstić information content (AvgIpc) is 2.91. The molecular formula is C13H24IN3OS2. The largest absolute Gasteiger partial charge is 0.383 e. The summed E-state index contributed by atoms with van der Waals surface area (Å²) in [5.74, 6) is 1.79. The highest BCUT2D eigenvalue weighted by Crippen LogP contribution is 2.25. The van der Waals surface area contributed by atoms with Crippen molar-refractivity contribution in [2.45, 2.75) is 19.4 Å². The SMILES string of the molecule is CCNC(=NCC(C)(O)c1cccs1)NCCSC.I. The molecule has 1 atom stereocenters. The van der Waals surface area contributed by atoms with E-state index in [1.165, 1.54) is 0 Å². The summed E-state index contributed by atoms with van der Waals surface area (Å²) >= 11 is 3.34. The number of aliphatic hydroxyl groups is 1. The van der Waals surface area contributed by atoms with Crippen LogP contribution in [0.4, 0.5) is 0 Å². The van der Waals surface area contributed by atoms with Crippen LogP contribution in [0.25, 0.3) is 0 Å². The van der Waals surface area contributed by atoms with Crippen molar-refractivity contribution >= 4 is 53.0 Å². The molecule has 0 aromatic carbocycles. The minimum Gasteiger partial charge on any atom is -0.383 e. The molecule has 0 aliphatic heterocycles. The van der Waals surface area contributed by atoms with E-state index in [1.54, 1.807) is 30.0 Å². The molecular weight excluding hydrogens is 405 g/mol. The molecule has 1 heterocycles. The van der Waals surface area contributed by atoms with Crippen LogP contribution in [0, 0.1) is 0 Å². The Bertz CT molecular complexity index is 383. The van der Waals surface area contributed by atoms with Gasteiger partial charge in [-0.2, -0.15) is 11.8 Å². The van der Waals surface area contributed by atoms with Crippen molar-refractivity contribution in [2.75, 3.05) is 31.6 Å². The third kappa shape index (κ3) is 7.14. The van der Waals surface area contributed by atoms with E-state index in [4.69, 9.17) is 0 Å². The maximum Gasteiger partial charge on any atom is 0.191 e. The Morgan fingerprint density at radius 2 is 2.25 bits per heavy atom. The highest BCUT2D eigenvalue weighted by Gasteiger charge is 2.23. The molecule has 0 amide bonds. The Morgan fingerprint density at radius 3 is 2.80 bits per heavy atom. The predicted molar refractivity (Wildman–Crippen MR) is 102 cm³/mol. The Kier molecular flexibility index (Phi) is 10.7. The monoisotopic (exact) mass is 429 g/mol. The van der Waals surface area contributed by atoms with E-state index in [0.717, 1.165) is 29.7 Å². The minimum absolute atomic E-state index is 0. The number of nitrogens with zero attached hydrogens (tertiary/aromatic N) is 1. The van der Waals surface area contributed by atoms with Crippen LogP contribution in [0.5, 0.6) is 0 Å². The summed E-state index contributed by atoms with van der Waals surface area (Å²) in [4.78, 5) is 5.40. The summed E-state index contributed by atoms with van der Waals surface area (Å²) in [5.41, 5.74) is -0.907. The summed E-state index contributed by atoms with van der Waals surface area (Å²) in [5, 5.41) is 18.8. The van der Waals surface area contributed by atoms with Crippen LogP contribution in [0.1, 0.15) is 18.7 Å². The Balaban J connectivity index is 0.00000361. The Labute approximate surface area is 146 Å². The van der Waals surface area contributed by atoms with E-state index in [2.05, 4.69) is 21.9 Å². The highest BCUT2D eigenvalue weighted by molar-refractivity contribution is 14.0. The molecule has 1 aromatic rings. The summed E-state index contributed by atoms with van der Waals surface area (Å²) in [6.07, 6.45) is 2.08. The first-order valence-corrected chi connectivity index (χ1v) is 8.65. The van der Waals surface area contributed by atoms with Crippen molar-refractivity contribution < 1.29 is 5.11 Å². The molecule has 0 fully saturated rings. The zero-order chi connectivity index (χ0) is 14.1. The Hall–Kier alpha value is 0.01000. The normalized spacial score (nSPS) is 14.3. The van der Waals surface area contributed by atoms with Gasteiger partial charge < -0.3 is 15.7 Å². The molecule has 4 nitrogen and oxygen atoms in total. The molecule has 0 bridgehead atoms. The second-order valence-corrected chi connectivity index (χ2v) is 6.30. The number of rotatable bonds is 7. The van der Waals surface area contributed by atoms with Gasteiger partial charge >= 0.3 is 0 Å². The van der Waals surface area contributed by atoms with E-state index < -0.39 is 5.60 Å². The van der Waals surface area contributed by atoms with Crippen LogP contribution in [-0.2, 0) is 5.60 Å². The molecule has 7 heteroatoms. The number of halogens is 1. The standard InChI is InChI=1S/C13H23N3OS2.HI/c1-4-14-12(15-7-9-18-3)16-10-13(2,17)11-6-5-8-19-11;/h5-6,8,17H,4,7,9-10H2,1-3H3,(H2,14,15,16);1H. The predicted octanol–water partition coefficient (Wildman–Crippen LogP) is 2.49. The molecule has 0 saturated heterocycles. The van der Waals surface area contributed by atoms with Gasteiger partial charge in [0.2, 0.25) is 0 Å². The van der Waals surface area contributed by atoms with E-state index >= 15 is 0 Å². The van der Waals surface area contributed by atoms with Gasteiger partial charge in [0.25, 0.3) is 0 Å². The van der Waals surface area contributed by atoms with Crippen molar-refractivity contribution in [3.8, 4) is 0 Å². The summed E-state index contributed by atoms with van der Waals surface area (Å²) < 4.78 is 0. The van der Waals surface area contributed by atoms with Gasteiger partial charge in [0, 0.05) is 23.7 Å². The molecule has 0 aliphatic rings. The third-order valence-electron chi connectivity index (χ3n) is 2.54. The van der Waals surface area contributed by atoms with Crippen LogP contribution in [0.2, 0.25) is 0 Å². The first kappa shape index (κ1) is 20.0. The second-order valence-electron chi connectivity index (χ2n) is 4.37. The lowest BCUT2D eigenvalue weighted by Crippen LogP contribution is -2.39. The first-order valence-electron chi connectivity index (χ1n) is 6.37. The molecule has 0 saturated carbocycles. The number of thioether (sulfide) groups is 1. The fourth-order valence-corrected chi connectivity index (χ4v) is 2.59. The van der Waals surface area contributed by atoms with E-state index in [-0.39, 0.29) is 24.0 Å². The number of aliphatic imine (C=N–C) groups is 1. The van der Waals surface area contributed by atoms with Gasteiger partial charge in [0.15, 0.2) is 5.96 Å². The summed E-state index contributed by atoms with van der Waals surface area (Å²) in [6, 6.07) is 3.88. The molecule has 20 heavy (non-hydrogen) atoms. The minimum atomic E-state index is -0.907. The zero-order valence-corrected chi connectivity index (χ0v) is 16.1. The second kappa shape index (κ2) is 10.7. The lowest BCUT2D eigenvalue weighted by atomic mass is 10.1. The van der Waals surface area contributed by atoms with Gasteiger partial charge in [-0.05, 0) is 31.5 Å². The molecule has 3 N–H and O–H groups in total. The van der Waals surface area contributed by atoms with Gasteiger partial charge in [-0.15, -0.1) is 35.3 Å². The van der Waals surface area contributed by atoms with Gasteiger partial charge in [-0.25, -0.2) is 4.99 Å². The van der Waals surface area contributed by atoms with Gasteiger partial charge in [0.1, 0.15) is 5.60 Å². The molecule has 0 spiro atoms. The summed E-state index contributed by atoms with van der Waals surface area (Å²) in [6.45, 7) is 5.86. The highest BCUT2D eigenvalue weighted by atomic mass is 127. The summed E-state index contributed by atoms with van der Waals surface area (Å²) in [7, 11) is 0. The molecule has 1 unspecified atom stereocenters. The smallest absolute Gasteiger partial charge is 0.191 e. The van der Waals surface area contributed by atoms with Gasteiger partial charge in [-0.3, -0.25) is 0 Å². The van der Waals surface area contributed by atoms with Crippen LogP contribution in [0.15, 0.2) is 22.5 Å². The first-order chi connectivity index (χ1) is 9.10. The van der Waals surface area contributed by atoms with Crippen molar-refractivity contribution in [2.24, 2.45) is 4.99 Å². The maximum absolute atomic E-state index is 10.4. The molecule has 116 valence electrons. The third-order valence-corrected chi connectivity index (χ3v) is 4.28. The van der Waals surface area contributed by atoms with Crippen LogP contribution >= 0.6 is 47.1 Å². The van der Waals surface area contributed by atoms with E-state index in [0.29, 0.717) is 6.54 Å². The molecule has 1 aromatic heterocycles. The number of hydrogen-bond acceptors (Lipinski definition) is 4. The van der Waals surface area contributed by atoms with Gasteiger partial charge in [0.05, 0.1) is 6.54 Å². The van der Waals surface area contributed by atoms with E-state index in [1.807, 2.05) is 24.4 Å². The van der Waals surface area contributed by atoms with Crippen molar-refractivity contribution in [3.05, 3.63) is 22.4 Å². The molecule has 1 rings (SSSR count). The zero-order valence-electron chi connectivity index (χ0n) is 12.2. The van der Waals surface area contributed by atoms with Gasteiger partial charge in [-0.1, -0.05) is 6.07 Å². The van der Waals surface area contributed by atoms with E-state index in [9.17, 15) is 5.11 Å². The quantitative estimate of drug-likeness (QED) is 0.270. The van der Waals surface area contributed by atoms with Crippen LogP contribution in [0.3, 0.4) is 0 Å². The van der Waals surface area contributed by atoms with Crippen molar-refractivity contribution in [1.82, 2.24) is 10.6 Å². The fourth-order valence-electron chi connectivity index (χ4n) is 1.51. The number of guanidine groups is 1. The van der Waals surface area contributed by atoms with Crippen LogP contribution < -0.4 is 10.6 Å². The van der Waals surface area contributed by atoms with Crippen molar-refractivity contribution in [3.63, 3.8) is 0 Å². The number of nitrogens with one attached hydrogen (secondary N) is 2. The Morgan fingerprint density at radius 1 is 1.50 bits per heavy atom. The molecule has 0 aliphatic carbocycles. The topological polar surface area (TPSA) is 56.7 Å². The maximum atomic E-state index is 10.4. The molecule has 0 radical (unpaired) electrons. The van der Waals surface area contributed by atoms with Crippen LogP contribution in [-0.4, -0.2) is 42.7 Å². The number of thiophene rings is 1. The lowest BCUT2D eigenvalue weighted by molar-refractivity contribution is 0.0711.